The molecule has 0 aliphatic heterocycles. The highest BCUT2D eigenvalue weighted by Crippen LogP contribution is 2.39. The molecular formula is C11H12N2O. The van der Waals surface area contributed by atoms with Crippen molar-refractivity contribution in [2.75, 3.05) is 0 Å². The first kappa shape index (κ1) is 8.12. The Morgan fingerprint density at radius 2 is 2.14 bits per heavy atom. The van der Waals surface area contributed by atoms with Crippen LogP contribution in [0.15, 0.2) is 12.1 Å². The zero-order valence-electron chi connectivity index (χ0n) is 7.86. The van der Waals surface area contributed by atoms with Crippen LogP contribution in [-0.2, 0) is 6.42 Å². The Morgan fingerprint density at radius 1 is 1.36 bits per heavy atom. The molecule has 1 atom stereocenters. The number of carbonyl (C=O) groups is 1. The molecule has 14 heavy (non-hydrogen) atoms. The van der Waals surface area contributed by atoms with Crippen molar-refractivity contribution in [3.8, 4) is 0 Å². The van der Waals surface area contributed by atoms with Crippen LogP contribution >= 0.6 is 0 Å². The predicted octanol–water partition coefficient (Wildman–Crippen LogP) is 1.03. The molecule has 2 aliphatic rings. The Labute approximate surface area is 82.3 Å². The van der Waals surface area contributed by atoms with Gasteiger partial charge in [0.1, 0.15) is 0 Å². The highest BCUT2D eigenvalue weighted by atomic mass is 16.1. The maximum absolute atomic E-state index is 11.5. The summed E-state index contributed by atoms with van der Waals surface area (Å²) in [5.74, 6) is 0.696. The molecule has 1 aromatic heterocycles. The van der Waals surface area contributed by atoms with Gasteiger partial charge in [0.05, 0.1) is 11.7 Å². The van der Waals surface area contributed by atoms with Crippen LogP contribution in [0.2, 0.25) is 0 Å². The summed E-state index contributed by atoms with van der Waals surface area (Å²) in [6.45, 7) is 0. The lowest BCUT2D eigenvalue weighted by molar-refractivity contribution is 0.0974. The Kier molecular flexibility index (Phi) is 1.53. The number of hydrogen-bond acceptors (Lipinski definition) is 3. The fourth-order valence-corrected chi connectivity index (χ4v) is 2.01. The largest absolute Gasteiger partial charge is 0.321 e. The minimum Gasteiger partial charge on any atom is -0.321 e. The zero-order valence-corrected chi connectivity index (χ0v) is 7.86. The Hall–Kier alpha value is -1.22. The monoisotopic (exact) mass is 188 g/mol. The molecule has 3 rings (SSSR count). The summed E-state index contributed by atoms with van der Waals surface area (Å²) in [6.07, 6.45) is 3.10. The molecule has 0 bridgehead atoms. The van der Waals surface area contributed by atoms with E-state index in [2.05, 4.69) is 4.98 Å². The second kappa shape index (κ2) is 2.64. The van der Waals surface area contributed by atoms with Crippen molar-refractivity contribution >= 4 is 5.78 Å². The van der Waals surface area contributed by atoms with Crippen molar-refractivity contribution in [1.29, 1.82) is 0 Å². The Bertz CT molecular complexity index is 410. The minimum atomic E-state index is -0.355. The smallest absolute Gasteiger partial charge is 0.181 e. The first-order chi connectivity index (χ1) is 6.75. The second-order valence-corrected chi connectivity index (χ2v) is 4.18. The number of carbonyl (C=O) groups excluding carboxylic acids is 1. The summed E-state index contributed by atoms with van der Waals surface area (Å²) in [5.41, 5.74) is 8.47. The SMILES string of the molecule is NC1Cc2nc(C3CC3)ccc2C1=O. The molecule has 0 spiro atoms. The average molecular weight is 188 g/mol. The van der Waals surface area contributed by atoms with E-state index in [-0.39, 0.29) is 11.8 Å². The van der Waals surface area contributed by atoms with Crippen LogP contribution in [0.1, 0.15) is 40.5 Å². The molecule has 1 fully saturated rings. The van der Waals surface area contributed by atoms with Gasteiger partial charge < -0.3 is 5.73 Å². The normalized spacial score (nSPS) is 25.2. The summed E-state index contributed by atoms with van der Waals surface area (Å²) in [6, 6.07) is 3.52. The number of aromatic nitrogens is 1. The molecule has 0 radical (unpaired) electrons. The van der Waals surface area contributed by atoms with E-state index in [0.29, 0.717) is 12.3 Å². The van der Waals surface area contributed by atoms with Crippen LogP contribution < -0.4 is 5.73 Å². The number of nitrogens with two attached hydrogens (primary N) is 1. The minimum absolute atomic E-state index is 0.0508. The summed E-state index contributed by atoms with van der Waals surface area (Å²) in [7, 11) is 0. The quantitative estimate of drug-likeness (QED) is 0.716. The van der Waals surface area contributed by atoms with Gasteiger partial charge in [0.2, 0.25) is 0 Å². The maximum Gasteiger partial charge on any atom is 0.181 e. The molecule has 3 heteroatoms. The molecule has 1 saturated carbocycles. The van der Waals surface area contributed by atoms with Crippen LogP contribution in [0.3, 0.4) is 0 Å². The standard InChI is InChI=1S/C11H12N2O/c12-8-5-10-7(11(8)14)3-4-9(13-10)6-1-2-6/h3-4,6,8H,1-2,5,12H2. The Balaban J connectivity index is 2.04. The molecule has 1 heterocycles. The van der Waals surface area contributed by atoms with E-state index in [9.17, 15) is 4.79 Å². The van der Waals surface area contributed by atoms with Crippen LogP contribution in [-0.4, -0.2) is 16.8 Å². The van der Waals surface area contributed by atoms with Gasteiger partial charge in [0, 0.05) is 23.6 Å². The van der Waals surface area contributed by atoms with Crippen LogP contribution in [0.5, 0.6) is 0 Å². The van der Waals surface area contributed by atoms with Crippen LogP contribution in [0.4, 0.5) is 0 Å². The summed E-state index contributed by atoms with van der Waals surface area (Å²) in [5, 5.41) is 0. The molecule has 1 aromatic rings. The average Bonchev–Trinajstić information content (AvgIpc) is 2.96. The maximum atomic E-state index is 11.5. The van der Waals surface area contributed by atoms with Crippen molar-refractivity contribution in [3.05, 3.63) is 29.1 Å². The third kappa shape index (κ3) is 1.09. The lowest BCUT2D eigenvalue weighted by Crippen LogP contribution is -2.26. The van der Waals surface area contributed by atoms with Crippen molar-refractivity contribution in [2.24, 2.45) is 5.73 Å². The van der Waals surface area contributed by atoms with Crippen molar-refractivity contribution in [1.82, 2.24) is 4.98 Å². The third-order valence-corrected chi connectivity index (χ3v) is 3.01. The van der Waals surface area contributed by atoms with Gasteiger partial charge in [0.15, 0.2) is 5.78 Å². The number of ketones is 1. The van der Waals surface area contributed by atoms with E-state index < -0.39 is 0 Å². The molecule has 0 aromatic carbocycles. The van der Waals surface area contributed by atoms with Gasteiger partial charge in [-0.25, -0.2) is 0 Å². The highest BCUT2D eigenvalue weighted by molar-refractivity contribution is 6.03. The van der Waals surface area contributed by atoms with Gasteiger partial charge in [-0.2, -0.15) is 0 Å². The van der Waals surface area contributed by atoms with Crippen molar-refractivity contribution in [3.63, 3.8) is 0 Å². The van der Waals surface area contributed by atoms with E-state index in [4.69, 9.17) is 5.73 Å². The van der Waals surface area contributed by atoms with E-state index >= 15 is 0 Å². The first-order valence-electron chi connectivity index (χ1n) is 5.05. The number of hydrogen-bond donors (Lipinski definition) is 1. The summed E-state index contributed by atoms with van der Waals surface area (Å²) < 4.78 is 0. The fourth-order valence-electron chi connectivity index (χ4n) is 2.01. The van der Waals surface area contributed by atoms with Gasteiger partial charge >= 0.3 is 0 Å². The molecule has 1 unspecified atom stereocenters. The fraction of sp³-hybridized carbons (Fsp3) is 0.455. The van der Waals surface area contributed by atoms with E-state index in [1.807, 2.05) is 12.1 Å². The molecule has 2 N–H and O–H groups in total. The molecular weight excluding hydrogens is 176 g/mol. The molecule has 0 amide bonds. The van der Waals surface area contributed by atoms with Gasteiger partial charge in [-0.15, -0.1) is 0 Å². The number of pyridine rings is 1. The molecule has 3 nitrogen and oxygen atoms in total. The number of Topliss-reactive ketones (excluding diaryl/α,β-unsaturated/α-hetero) is 1. The van der Waals surface area contributed by atoms with Gasteiger partial charge in [-0.3, -0.25) is 9.78 Å². The lowest BCUT2D eigenvalue weighted by atomic mass is 10.1. The lowest BCUT2D eigenvalue weighted by Gasteiger charge is -2.00. The molecule has 72 valence electrons. The second-order valence-electron chi connectivity index (χ2n) is 4.18. The summed E-state index contributed by atoms with van der Waals surface area (Å²) >= 11 is 0. The van der Waals surface area contributed by atoms with E-state index in [1.165, 1.54) is 12.8 Å². The molecule has 2 aliphatic carbocycles. The van der Waals surface area contributed by atoms with Crippen LogP contribution in [0, 0.1) is 0 Å². The third-order valence-electron chi connectivity index (χ3n) is 3.01. The van der Waals surface area contributed by atoms with Gasteiger partial charge in [-0.05, 0) is 25.0 Å². The topological polar surface area (TPSA) is 56.0 Å². The number of rotatable bonds is 1. The number of nitrogens with zero attached hydrogens (tertiary/aromatic N) is 1. The molecule has 0 saturated heterocycles. The van der Waals surface area contributed by atoms with Crippen molar-refractivity contribution < 1.29 is 4.79 Å². The van der Waals surface area contributed by atoms with Gasteiger partial charge in [0.25, 0.3) is 0 Å². The van der Waals surface area contributed by atoms with Gasteiger partial charge in [-0.1, -0.05) is 0 Å². The van der Waals surface area contributed by atoms with E-state index in [0.717, 1.165) is 17.0 Å². The van der Waals surface area contributed by atoms with Crippen molar-refractivity contribution in [2.45, 2.75) is 31.2 Å². The highest BCUT2D eigenvalue weighted by Gasteiger charge is 2.31. The first-order valence-corrected chi connectivity index (χ1v) is 5.05. The zero-order chi connectivity index (χ0) is 9.71. The number of fused-ring (bicyclic) bond motifs is 1. The van der Waals surface area contributed by atoms with E-state index in [1.54, 1.807) is 0 Å². The Morgan fingerprint density at radius 3 is 2.86 bits per heavy atom. The predicted molar refractivity (Wildman–Crippen MR) is 52.2 cm³/mol. The summed E-state index contributed by atoms with van der Waals surface area (Å²) in [4.78, 5) is 16.0. The van der Waals surface area contributed by atoms with Crippen LogP contribution in [0.25, 0.3) is 0 Å².